The summed E-state index contributed by atoms with van der Waals surface area (Å²) in [5.41, 5.74) is -4.08. The van der Waals surface area contributed by atoms with E-state index in [1.807, 2.05) is 0 Å². The number of thiol groups is 4. The van der Waals surface area contributed by atoms with Crippen molar-refractivity contribution in [3.05, 3.63) is 62.9 Å². The Kier molecular flexibility index (Phi) is 24.1. The number of rotatable bonds is 28. The monoisotopic (exact) mass is 834 g/mol. The van der Waals surface area contributed by atoms with Crippen molar-refractivity contribution in [1.82, 2.24) is 27.4 Å². The number of hydrogen-bond donors (Lipinski definition) is 4. The molecule has 0 saturated heterocycles. The van der Waals surface area contributed by atoms with Gasteiger partial charge in [0.05, 0.1) is 0 Å². The maximum absolute atomic E-state index is 13.5. The van der Waals surface area contributed by atoms with E-state index >= 15 is 0 Å². The Morgan fingerprint density at radius 2 is 0.490 bits per heavy atom. The smallest absolute Gasteiger partial charge is 0.247 e. The summed E-state index contributed by atoms with van der Waals surface area (Å²) >= 11 is 23.6. The van der Waals surface area contributed by atoms with Crippen LogP contribution in [-0.2, 0) is 39.3 Å². The molecule has 0 atom stereocenters. The average molecular weight is 835 g/mol. The van der Waals surface area contributed by atoms with E-state index in [1.165, 1.54) is 0 Å². The van der Waals surface area contributed by atoms with Gasteiger partial charge in [-0.25, -0.2) is 56.2 Å². The second-order valence-electron chi connectivity index (χ2n) is 10.7. The lowest BCUT2D eigenvalue weighted by atomic mass is 10.4. The molecule has 0 fully saturated rings. The topological polar surface area (TPSA) is 132 Å². The molecular formula is C29H50N6O6S8. The third kappa shape index (κ3) is 14.9. The molecule has 0 spiro atoms. The minimum atomic E-state index is -0.706. The summed E-state index contributed by atoms with van der Waals surface area (Å²) in [5.74, 6) is 9.25. The van der Waals surface area contributed by atoms with Crippen molar-refractivity contribution in [3.63, 3.8) is 0 Å². The molecule has 2 aromatic rings. The van der Waals surface area contributed by atoms with Crippen molar-refractivity contribution >= 4 is 97.6 Å². The molecule has 2 aromatic heterocycles. The van der Waals surface area contributed by atoms with Crippen molar-refractivity contribution in [2.45, 2.75) is 71.4 Å². The van der Waals surface area contributed by atoms with Crippen LogP contribution in [0.3, 0.4) is 0 Å². The van der Waals surface area contributed by atoms with Crippen LogP contribution < -0.4 is 34.1 Å². The van der Waals surface area contributed by atoms with Crippen molar-refractivity contribution in [1.29, 1.82) is 0 Å². The molecule has 0 aliphatic carbocycles. The van der Waals surface area contributed by atoms with Gasteiger partial charge in [0.1, 0.15) is 0 Å². The van der Waals surface area contributed by atoms with Crippen LogP contribution in [-0.4, -0.2) is 96.4 Å². The maximum Gasteiger partial charge on any atom is 0.336 e. The predicted octanol–water partition coefficient (Wildman–Crippen LogP) is 1.96. The van der Waals surface area contributed by atoms with E-state index in [0.29, 0.717) is 25.7 Å². The third-order valence-corrected chi connectivity index (χ3v) is 13.5. The van der Waals surface area contributed by atoms with Crippen LogP contribution in [0.5, 0.6) is 0 Å². The van der Waals surface area contributed by atoms with Gasteiger partial charge in [-0.05, 0) is 78.1 Å². The van der Waals surface area contributed by atoms with Crippen LogP contribution >= 0.6 is 97.6 Å². The molecule has 2 rings (SSSR count). The molecule has 0 radical (unpaired) electrons. The highest BCUT2D eigenvalue weighted by Gasteiger charge is 2.18. The highest BCUT2D eigenvalue weighted by molar-refractivity contribution is 8.00. The van der Waals surface area contributed by atoms with Gasteiger partial charge < -0.3 is 0 Å². The fourth-order valence-corrected chi connectivity index (χ4v) is 9.08. The maximum atomic E-state index is 13.5. The molecule has 0 saturated carbocycles. The Hall–Kier alpha value is -0.380. The van der Waals surface area contributed by atoms with E-state index in [4.69, 9.17) is 0 Å². The number of nitrogens with zero attached hydrogens (tertiary/aromatic N) is 6. The highest BCUT2D eigenvalue weighted by Crippen LogP contribution is 2.06. The first kappa shape index (κ1) is 44.8. The zero-order chi connectivity index (χ0) is 36.0. The summed E-state index contributed by atoms with van der Waals surface area (Å²) in [5, 5.41) is 0. The Morgan fingerprint density at radius 3 is 0.673 bits per heavy atom. The lowest BCUT2D eigenvalue weighted by molar-refractivity contribution is 0.402. The molecule has 0 aliphatic rings. The number of hydrogen-bond acceptors (Lipinski definition) is 14. The lowest BCUT2D eigenvalue weighted by Gasteiger charge is -2.16. The van der Waals surface area contributed by atoms with E-state index in [2.05, 4.69) is 50.5 Å². The fourth-order valence-electron chi connectivity index (χ4n) is 4.87. The summed E-state index contributed by atoms with van der Waals surface area (Å²) in [6.45, 7) is 0.456. The molecule has 12 nitrogen and oxygen atoms in total. The van der Waals surface area contributed by atoms with E-state index in [-0.39, 0.29) is 45.7 Å². The van der Waals surface area contributed by atoms with Crippen molar-refractivity contribution < 1.29 is 0 Å². The first-order valence-electron chi connectivity index (χ1n) is 16.4. The average Bonchev–Trinajstić information content (AvgIpc) is 3.08. The summed E-state index contributed by atoms with van der Waals surface area (Å²) in [6.07, 6.45) is 2.37. The van der Waals surface area contributed by atoms with Crippen LogP contribution in [0, 0.1) is 0 Å². The second-order valence-corrected chi connectivity index (χ2v) is 17.4. The molecule has 0 amide bonds. The molecule has 0 N–H and O–H groups in total. The zero-order valence-corrected chi connectivity index (χ0v) is 34.7. The fraction of sp³-hybridized carbons (Fsp3) is 0.793. The van der Waals surface area contributed by atoms with Crippen LogP contribution in [0.4, 0.5) is 0 Å². The minimum absolute atomic E-state index is 0.0892. The molecule has 0 unspecified atom stereocenters. The predicted molar refractivity (Wildman–Crippen MR) is 226 cm³/mol. The van der Waals surface area contributed by atoms with Gasteiger partial charge in [-0.3, -0.25) is 0 Å². The lowest BCUT2D eigenvalue weighted by Crippen LogP contribution is -2.55. The molecule has 2 heterocycles. The van der Waals surface area contributed by atoms with E-state index in [0.717, 1.165) is 96.4 Å². The minimum Gasteiger partial charge on any atom is -0.247 e. The largest absolute Gasteiger partial charge is 0.336 e. The zero-order valence-electron chi connectivity index (χ0n) is 27.8. The first-order chi connectivity index (χ1) is 23.7. The number of aromatic nitrogens is 6. The second kappa shape index (κ2) is 26.4. The normalized spacial score (nSPS) is 11.5. The Labute approximate surface area is 326 Å². The van der Waals surface area contributed by atoms with E-state index in [1.54, 1.807) is 47.0 Å². The van der Waals surface area contributed by atoms with Gasteiger partial charge in [-0.1, -0.05) is 0 Å². The van der Waals surface area contributed by atoms with Gasteiger partial charge in [0.2, 0.25) is 0 Å². The molecule has 280 valence electrons. The van der Waals surface area contributed by atoms with Gasteiger partial charge in [0.15, 0.2) is 0 Å². The standard InChI is InChI=1S/C29H50N6O6S8/c36-24-30(25(37)33(9-3-17-47-21-13-43)28(40)32(24)8-2-16-46-20-12-42)6-1-7-31-26(38)34(10-4-18-48-22-14-44)29(41)35(27(31)39)11-5-19-49-23-15-45/h42-45H,1-23H2. The summed E-state index contributed by atoms with van der Waals surface area (Å²) in [4.78, 5) is 80.7. The van der Waals surface area contributed by atoms with Crippen molar-refractivity contribution in [2.75, 3.05) is 69.0 Å². The quantitative estimate of drug-likeness (QED) is 0.0746. The SMILES string of the molecule is O=c1n(CCCSCCS)c(=O)n(CCCn2c(=O)n(CCCSCCS)c(=O)n(CCCSCCS)c2=O)c(=O)n1CCCSCCS. The van der Waals surface area contributed by atoms with Gasteiger partial charge in [0, 0.05) is 62.3 Å². The molecule has 0 aliphatic heterocycles. The van der Waals surface area contributed by atoms with Gasteiger partial charge in [-0.15, -0.1) is 0 Å². The molecule has 20 heteroatoms. The van der Waals surface area contributed by atoms with Crippen LogP contribution in [0.1, 0.15) is 32.1 Å². The van der Waals surface area contributed by atoms with Crippen molar-refractivity contribution in [2.24, 2.45) is 0 Å². The molecule has 0 aromatic carbocycles. The van der Waals surface area contributed by atoms with Crippen LogP contribution in [0.15, 0.2) is 28.8 Å². The Balaban J connectivity index is 2.40. The molecular weight excluding hydrogens is 785 g/mol. The number of thioether (sulfide) groups is 4. The van der Waals surface area contributed by atoms with Crippen LogP contribution in [0.25, 0.3) is 0 Å². The Morgan fingerprint density at radius 1 is 0.306 bits per heavy atom. The third-order valence-electron chi connectivity index (χ3n) is 7.16. The molecule has 49 heavy (non-hydrogen) atoms. The van der Waals surface area contributed by atoms with E-state index in [9.17, 15) is 28.8 Å². The van der Waals surface area contributed by atoms with E-state index < -0.39 is 34.1 Å². The van der Waals surface area contributed by atoms with Gasteiger partial charge in [-0.2, -0.15) is 97.6 Å². The summed E-state index contributed by atoms with van der Waals surface area (Å²) in [7, 11) is 0. The summed E-state index contributed by atoms with van der Waals surface area (Å²) < 4.78 is 6.50. The van der Waals surface area contributed by atoms with Gasteiger partial charge in [0.25, 0.3) is 0 Å². The Bertz CT molecular complexity index is 1400. The van der Waals surface area contributed by atoms with Crippen LogP contribution in [0.2, 0.25) is 0 Å². The first-order valence-corrected chi connectivity index (χ1v) is 23.5. The highest BCUT2D eigenvalue weighted by atomic mass is 32.2. The van der Waals surface area contributed by atoms with Crippen molar-refractivity contribution in [3.8, 4) is 0 Å². The molecule has 0 bridgehead atoms. The van der Waals surface area contributed by atoms with Gasteiger partial charge >= 0.3 is 34.1 Å². The summed E-state index contributed by atoms with van der Waals surface area (Å²) in [6, 6.07) is 0.